The van der Waals surface area contributed by atoms with E-state index in [2.05, 4.69) is 26.4 Å². The minimum atomic E-state index is 0.181. The van der Waals surface area contributed by atoms with Crippen LogP contribution in [0.5, 0.6) is 5.75 Å². The molecule has 0 bridgehead atoms. The Morgan fingerprint density at radius 1 is 1.53 bits per heavy atom. The van der Waals surface area contributed by atoms with Crippen LogP contribution in [0.2, 0.25) is 0 Å². The van der Waals surface area contributed by atoms with Gasteiger partial charge in [-0.2, -0.15) is 0 Å². The van der Waals surface area contributed by atoms with Crippen LogP contribution >= 0.6 is 22.9 Å². The summed E-state index contributed by atoms with van der Waals surface area (Å²) in [6.45, 7) is 1.61. The fourth-order valence-corrected chi connectivity index (χ4v) is 2.47. The number of ketones is 1. The van der Waals surface area contributed by atoms with Crippen molar-refractivity contribution in [3.63, 3.8) is 0 Å². The fraction of sp³-hybridized carbons (Fsp3) is 0.462. The van der Waals surface area contributed by atoms with Crippen molar-refractivity contribution in [3.05, 3.63) is 29.8 Å². The van der Waals surface area contributed by atoms with Gasteiger partial charge in [0.05, 0.1) is 0 Å². The molecule has 1 aliphatic carbocycles. The number of ether oxygens (including phenoxy) is 1. The molecule has 0 atom stereocenters. The Bertz CT molecular complexity index is 402. The molecule has 1 aromatic rings. The normalized spacial score (nSPS) is 22.9. The third-order valence-corrected chi connectivity index (χ3v) is 3.78. The first-order valence-electron chi connectivity index (χ1n) is 5.78. The number of rotatable bonds is 5. The maximum atomic E-state index is 11.0. The minimum absolute atomic E-state index is 0.181. The van der Waals surface area contributed by atoms with Gasteiger partial charge in [0, 0.05) is 48.2 Å². The Morgan fingerprint density at radius 3 is 2.94 bits per heavy atom. The fourth-order valence-electron chi connectivity index (χ4n) is 1.96. The molecule has 17 heavy (non-hydrogen) atoms. The molecule has 0 unspecified atom stereocenters. The number of Topliss-reactive ketones (excluding diaryl/α,β-unsaturated/α-hetero) is 1. The second-order valence-electron chi connectivity index (χ2n) is 4.54. The number of benzene rings is 1. The smallest absolute Gasteiger partial charge is 0.134 e. The van der Waals surface area contributed by atoms with Crippen molar-refractivity contribution >= 4 is 28.6 Å². The van der Waals surface area contributed by atoms with Gasteiger partial charge in [-0.25, -0.2) is 0 Å². The van der Waals surface area contributed by atoms with Crippen molar-refractivity contribution < 1.29 is 9.53 Å². The first kappa shape index (κ1) is 12.8. The van der Waals surface area contributed by atoms with Crippen LogP contribution in [-0.4, -0.2) is 17.9 Å². The van der Waals surface area contributed by atoms with Crippen LogP contribution in [0.25, 0.3) is 0 Å². The maximum Gasteiger partial charge on any atom is 0.134 e. The van der Waals surface area contributed by atoms with Crippen LogP contribution in [0.15, 0.2) is 24.3 Å². The molecule has 0 radical (unpaired) electrons. The van der Waals surface area contributed by atoms with Gasteiger partial charge in [0.15, 0.2) is 0 Å². The lowest BCUT2D eigenvalue weighted by molar-refractivity contribution is -0.116. The first-order valence-corrected chi connectivity index (χ1v) is 6.86. The average Bonchev–Trinajstić information content (AvgIpc) is 2.22. The molecule has 1 N–H and O–H groups in total. The Kier molecular flexibility index (Phi) is 4.39. The topological polar surface area (TPSA) is 38.3 Å². The van der Waals surface area contributed by atoms with Gasteiger partial charge in [0.25, 0.3) is 0 Å². The molecule has 2 rings (SSSR count). The summed E-state index contributed by atoms with van der Waals surface area (Å²) >= 11 is 2.18. The molecule has 0 aliphatic heterocycles. The van der Waals surface area contributed by atoms with E-state index >= 15 is 0 Å². The summed E-state index contributed by atoms with van der Waals surface area (Å²) in [5, 5.41) is 0. The molecule has 1 aliphatic rings. The maximum absolute atomic E-state index is 11.0. The zero-order valence-electron chi connectivity index (χ0n) is 9.78. The Morgan fingerprint density at radius 2 is 2.29 bits per heavy atom. The highest BCUT2D eigenvalue weighted by atomic mass is 127. The zero-order chi connectivity index (χ0) is 12.3. The van der Waals surface area contributed by atoms with Crippen LogP contribution in [-0.2, 0) is 11.2 Å². The summed E-state index contributed by atoms with van der Waals surface area (Å²) in [5.41, 5.74) is 1.03. The van der Waals surface area contributed by atoms with E-state index in [1.807, 2.05) is 24.3 Å². The third kappa shape index (κ3) is 3.67. The minimum Gasteiger partial charge on any atom is -0.490 e. The molecule has 0 aromatic heterocycles. The van der Waals surface area contributed by atoms with Gasteiger partial charge in [-0.1, -0.05) is 12.1 Å². The highest BCUT2D eigenvalue weighted by Crippen LogP contribution is 2.27. The molecule has 1 saturated carbocycles. The first-order chi connectivity index (χ1) is 8.17. The highest BCUT2D eigenvalue weighted by molar-refractivity contribution is 14.1. The summed E-state index contributed by atoms with van der Waals surface area (Å²) in [6.07, 6.45) is 2.91. The van der Waals surface area contributed by atoms with Crippen LogP contribution in [0.4, 0.5) is 0 Å². The van der Waals surface area contributed by atoms with E-state index in [-0.39, 0.29) is 5.78 Å². The molecule has 3 nitrogen and oxygen atoms in total. The van der Waals surface area contributed by atoms with Crippen molar-refractivity contribution in [3.8, 4) is 5.75 Å². The van der Waals surface area contributed by atoms with Crippen molar-refractivity contribution in [2.45, 2.75) is 38.3 Å². The van der Waals surface area contributed by atoms with Gasteiger partial charge >= 0.3 is 0 Å². The number of carbonyl (C=O) groups is 1. The molecule has 92 valence electrons. The molecular formula is C13H16INO2. The van der Waals surface area contributed by atoms with Gasteiger partial charge in [-0.3, -0.25) is 8.32 Å². The van der Waals surface area contributed by atoms with Crippen LogP contribution in [0, 0.1) is 0 Å². The van der Waals surface area contributed by atoms with E-state index in [0.717, 1.165) is 24.2 Å². The molecule has 0 amide bonds. The number of halogens is 1. The van der Waals surface area contributed by atoms with E-state index in [4.69, 9.17) is 4.74 Å². The van der Waals surface area contributed by atoms with Gasteiger partial charge in [-0.05, 0) is 24.6 Å². The van der Waals surface area contributed by atoms with E-state index in [0.29, 0.717) is 18.6 Å². The second kappa shape index (κ2) is 5.82. The van der Waals surface area contributed by atoms with Crippen molar-refractivity contribution in [2.75, 3.05) is 0 Å². The summed E-state index contributed by atoms with van der Waals surface area (Å²) in [5.74, 6) is 1.06. The summed E-state index contributed by atoms with van der Waals surface area (Å²) in [6, 6.07) is 8.41. The molecule has 1 fully saturated rings. The largest absolute Gasteiger partial charge is 0.490 e. The number of nitrogens with one attached hydrogen (secondary N) is 1. The lowest BCUT2D eigenvalue weighted by atomic mass is 9.90. The lowest BCUT2D eigenvalue weighted by Crippen LogP contribution is -2.43. The Labute approximate surface area is 115 Å². The van der Waals surface area contributed by atoms with Gasteiger partial charge < -0.3 is 4.74 Å². The predicted molar refractivity (Wildman–Crippen MR) is 75.4 cm³/mol. The van der Waals surface area contributed by atoms with Gasteiger partial charge in [0.2, 0.25) is 0 Å². The molecule has 0 heterocycles. The van der Waals surface area contributed by atoms with E-state index in [1.165, 1.54) is 0 Å². The van der Waals surface area contributed by atoms with Crippen LogP contribution in [0.3, 0.4) is 0 Å². The summed E-state index contributed by atoms with van der Waals surface area (Å²) < 4.78 is 9.05. The molecule has 1 aromatic carbocycles. The van der Waals surface area contributed by atoms with Crippen LogP contribution < -0.4 is 8.27 Å². The highest BCUT2D eigenvalue weighted by Gasteiger charge is 2.29. The van der Waals surface area contributed by atoms with Crippen molar-refractivity contribution in [2.24, 2.45) is 0 Å². The number of hydrogen-bond donors (Lipinski definition) is 1. The third-order valence-electron chi connectivity index (χ3n) is 2.90. The summed E-state index contributed by atoms with van der Waals surface area (Å²) in [4.78, 5) is 11.0. The molecule has 0 saturated heterocycles. The summed E-state index contributed by atoms with van der Waals surface area (Å²) in [7, 11) is 0. The molecule has 0 spiro atoms. The quantitative estimate of drug-likeness (QED) is 0.659. The van der Waals surface area contributed by atoms with Gasteiger partial charge in [-0.15, -0.1) is 0 Å². The zero-order valence-corrected chi connectivity index (χ0v) is 11.9. The van der Waals surface area contributed by atoms with Crippen molar-refractivity contribution in [1.82, 2.24) is 3.53 Å². The standard InChI is InChI=1S/C13H16INO2/c1-9(16)5-10-3-2-4-12(6-10)17-13-7-11(8-13)15-14/h2-4,6,11,13,15H,5,7-8H2,1H3/t11-,13-. The predicted octanol–water partition coefficient (Wildman–Crippen LogP) is 2.67. The molecular weight excluding hydrogens is 329 g/mol. The monoisotopic (exact) mass is 345 g/mol. The van der Waals surface area contributed by atoms with Crippen molar-refractivity contribution in [1.29, 1.82) is 0 Å². The Balaban J connectivity index is 1.90. The van der Waals surface area contributed by atoms with Gasteiger partial charge in [0.1, 0.15) is 17.6 Å². The van der Waals surface area contributed by atoms with E-state index in [1.54, 1.807) is 6.92 Å². The Hall–Kier alpha value is -0.620. The van der Waals surface area contributed by atoms with E-state index in [9.17, 15) is 4.79 Å². The molecule has 4 heteroatoms. The van der Waals surface area contributed by atoms with Crippen LogP contribution in [0.1, 0.15) is 25.3 Å². The number of hydrogen-bond acceptors (Lipinski definition) is 3. The van der Waals surface area contributed by atoms with E-state index < -0.39 is 0 Å². The second-order valence-corrected chi connectivity index (χ2v) is 5.17. The SMILES string of the molecule is CC(=O)Cc1cccc(O[C@H]2C[C@H](NI)C2)c1. The number of carbonyl (C=O) groups excluding carboxylic acids is 1. The average molecular weight is 345 g/mol. The lowest BCUT2D eigenvalue weighted by Gasteiger charge is -2.34.